The van der Waals surface area contributed by atoms with Crippen LogP contribution in [0.5, 0.6) is 5.75 Å². The summed E-state index contributed by atoms with van der Waals surface area (Å²) < 4.78 is 13.0. The van der Waals surface area contributed by atoms with E-state index in [1.807, 2.05) is 0 Å². The first kappa shape index (κ1) is 23.3. The molecule has 1 aromatic heterocycles. The van der Waals surface area contributed by atoms with E-state index in [1.54, 1.807) is 47.9 Å². The van der Waals surface area contributed by atoms with Crippen LogP contribution in [0.2, 0.25) is 10.0 Å². The second kappa shape index (κ2) is 10.8. The lowest BCUT2D eigenvalue weighted by Gasteiger charge is -2.07. The molecule has 3 aromatic rings. The molecule has 0 N–H and O–H groups in total. The molecule has 3 rings (SSSR count). The van der Waals surface area contributed by atoms with Crippen LogP contribution in [0.1, 0.15) is 37.0 Å². The molecule has 0 atom stereocenters. The minimum Gasteiger partial charge on any atom is -0.494 e. The minimum absolute atomic E-state index is 0.135. The van der Waals surface area contributed by atoms with Crippen LogP contribution in [-0.4, -0.2) is 29.7 Å². The lowest BCUT2D eigenvalue weighted by molar-refractivity contribution is -0.143. The predicted octanol–water partition coefficient (Wildman–Crippen LogP) is 5.49. The van der Waals surface area contributed by atoms with Crippen molar-refractivity contribution in [2.75, 3.05) is 13.2 Å². The normalized spacial score (nSPS) is 11.7. The first-order valence-electron chi connectivity index (χ1n) is 9.89. The number of hydrogen-bond acceptors (Lipinski definition) is 5. The Morgan fingerprint density at radius 1 is 1.10 bits per heavy atom. The van der Waals surface area contributed by atoms with Crippen LogP contribution in [-0.2, 0) is 16.1 Å². The van der Waals surface area contributed by atoms with E-state index in [4.69, 9.17) is 32.7 Å². The van der Waals surface area contributed by atoms with Crippen molar-refractivity contribution in [3.8, 4) is 5.75 Å². The Kier molecular flexibility index (Phi) is 8.12. The third-order valence-corrected chi connectivity index (χ3v) is 6.23. The summed E-state index contributed by atoms with van der Waals surface area (Å²) in [4.78, 5) is 29.5. The highest BCUT2D eigenvalue weighted by atomic mass is 35.5. The van der Waals surface area contributed by atoms with Gasteiger partial charge in [0.25, 0.3) is 5.91 Å². The Balaban J connectivity index is 1.97. The Labute approximate surface area is 194 Å². The summed E-state index contributed by atoms with van der Waals surface area (Å²) in [6.45, 7) is 4.56. The quantitative estimate of drug-likeness (QED) is 0.315. The van der Waals surface area contributed by atoms with Gasteiger partial charge in [-0.05, 0) is 49.7 Å². The molecule has 9 heteroatoms. The second-order valence-electron chi connectivity index (χ2n) is 6.63. The number of hydrogen-bond donors (Lipinski definition) is 0. The van der Waals surface area contributed by atoms with Crippen molar-refractivity contribution in [1.29, 1.82) is 0 Å². The Hall–Kier alpha value is -2.35. The van der Waals surface area contributed by atoms with Crippen LogP contribution < -0.4 is 9.54 Å². The Morgan fingerprint density at radius 3 is 2.52 bits per heavy atom. The Bertz CT molecular complexity index is 1150. The molecule has 0 spiro atoms. The fourth-order valence-corrected chi connectivity index (χ4v) is 4.36. The first-order valence-corrected chi connectivity index (χ1v) is 11.5. The van der Waals surface area contributed by atoms with Crippen LogP contribution in [0.3, 0.4) is 0 Å². The number of carbonyl (C=O) groups excluding carboxylic acids is 2. The van der Waals surface area contributed by atoms with E-state index in [1.165, 1.54) is 11.3 Å². The molecule has 1 heterocycles. The summed E-state index contributed by atoms with van der Waals surface area (Å²) in [6, 6.07) is 10.3. The zero-order valence-corrected chi connectivity index (χ0v) is 19.5. The molecule has 0 saturated heterocycles. The fourth-order valence-electron chi connectivity index (χ4n) is 2.85. The first-order chi connectivity index (χ1) is 14.9. The van der Waals surface area contributed by atoms with Crippen LogP contribution >= 0.6 is 34.5 Å². The molecule has 2 aromatic carbocycles. The fraction of sp³-hybridized carbons (Fsp3) is 0.318. The van der Waals surface area contributed by atoms with E-state index in [-0.39, 0.29) is 13.2 Å². The number of halogens is 2. The predicted molar refractivity (Wildman–Crippen MR) is 123 cm³/mol. The third kappa shape index (κ3) is 5.67. The van der Waals surface area contributed by atoms with Crippen molar-refractivity contribution in [2.24, 2.45) is 4.99 Å². The van der Waals surface area contributed by atoms with Gasteiger partial charge in [0.1, 0.15) is 12.3 Å². The maximum Gasteiger partial charge on any atom is 0.326 e. The van der Waals surface area contributed by atoms with Crippen LogP contribution in [0, 0.1) is 0 Å². The highest BCUT2D eigenvalue weighted by Gasteiger charge is 2.17. The molecule has 0 saturated carbocycles. The molecule has 31 heavy (non-hydrogen) atoms. The van der Waals surface area contributed by atoms with Gasteiger partial charge in [-0.3, -0.25) is 9.59 Å². The second-order valence-corrected chi connectivity index (χ2v) is 8.42. The lowest BCUT2D eigenvalue weighted by Crippen LogP contribution is -2.23. The number of amides is 1. The van der Waals surface area contributed by atoms with Crippen molar-refractivity contribution >= 4 is 56.6 Å². The summed E-state index contributed by atoms with van der Waals surface area (Å²) in [7, 11) is 0. The van der Waals surface area contributed by atoms with E-state index < -0.39 is 11.9 Å². The average Bonchev–Trinajstić information content (AvgIpc) is 3.09. The molecule has 1 amide bonds. The molecular weight excluding hydrogens is 459 g/mol. The zero-order valence-electron chi connectivity index (χ0n) is 17.2. The number of nitrogens with zero attached hydrogens (tertiary/aromatic N) is 2. The van der Waals surface area contributed by atoms with Crippen LogP contribution in [0.25, 0.3) is 10.2 Å². The maximum absolute atomic E-state index is 12.8. The lowest BCUT2D eigenvalue weighted by atomic mass is 10.2. The molecule has 0 aliphatic rings. The zero-order chi connectivity index (χ0) is 22.4. The largest absolute Gasteiger partial charge is 0.494 e. The van der Waals surface area contributed by atoms with Gasteiger partial charge >= 0.3 is 5.97 Å². The summed E-state index contributed by atoms with van der Waals surface area (Å²) in [5, 5.41) is 0.642. The average molecular weight is 481 g/mol. The van der Waals surface area contributed by atoms with Crippen LogP contribution in [0.4, 0.5) is 0 Å². The van der Waals surface area contributed by atoms with Gasteiger partial charge in [-0.15, -0.1) is 0 Å². The van der Waals surface area contributed by atoms with Crippen LogP contribution in [0.15, 0.2) is 41.4 Å². The Morgan fingerprint density at radius 2 is 1.84 bits per heavy atom. The molecule has 6 nitrogen and oxygen atoms in total. The number of benzene rings is 2. The molecule has 0 bridgehead atoms. The molecule has 0 radical (unpaired) electrons. The molecule has 0 unspecified atom stereocenters. The van der Waals surface area contributed by atoms with E-state index in [0.717, 1.165) is 17.5 Å². The van der Waals surface area contributed by atoms with Gasteiger partial charge in [-0.1, -0.05) is 47.9 Å². The monoisotopic (exact) mass is 480 g/mol. The summed E-state index contributed by atoms with van der Waals surface area (Å²) in [5.74, 6) is -0.196. The highest BCUT2D eigenvalue weighted by molar-refractivity contribution is 7.16. The van der Waals surface area contributed by atoms with E-state index in [9.17, 15) is 9.59 Å². The minimum atomic E-state index is -0.458. The number of unbranched alkanes of at least 4 members (excludes halogenated alkanes) is 1. The number of fused-ring (bicyclic) bond motifs is 1. The molecular formula is C22H22Cl2N2O4S. The highest BCUT2D eigenvalue weighted by Crippen LogP contribution is 2.32. The third-order valence-electron chi connectivity index (χ3n) is 4.39. The van der Waals surface area contributed by atoms with Gasteiger partial charge in [0, 0.05) is 5.56 Å². The van der Waals surface area contributed by atoms with E-state index >= 15 is 0 Å². The van der Waals surface area contributed by atoms with Gasteiger partial charge in [0.2, 0.25) is 0 Å². The van der Waals surface area contributed by atoms with Gasteiger partial charge in [-0.25, -0.2) is 0 Å². The smallest absolute Gasteiger partial charge is 0.326 e. The molecule has 0 aliphatic heterocycles. The number of esters is 1. The van der Waals surface area contributed by atoms with Gasteiger partial charge in [0.15, 0.2) is 4.80 Å². The molecule has 164 valence electrons. The van der Waals surface area contributed by atoms with Crippen molar-refractivity contribution in [1.82, 2.24) is 4.57 Å². The van der Waals surface area contributed by atoms with Crippen molar-refractivity contribution in [3.63, 3.8) is 0 Å². The number of thiazole rings is 1. The molecule has 0 fully saturated rings. The number of ether oxygens (including phenoxy) is 2. The van der Waals surface area contributed by atoms with Gasteiger partial charge < -0.3 is 14.0 Å². The number of aromatic nitrogens is 1. The standard InChI is InChI=1S/C22H22Cl2N2O4S/c1-3-5-12-30-15-8-6-14(7-9-15)21(28)25-22-26(13-18(27)29-4-2)20-17(31-22)11-10-16(23)19(20)24/h6-11H,3-5,12-13H2,1-2H3. The van der Waals surface area contributed by atoms with Crippen molar-refractivity contribution in [2.45, 2.75) is 33.2 Å². The van der Waals surface area contributed by atoms with Crippen molar-refractivity contribution in [3.05, 3.63) is 56.8 Å². The summed E-state index contributed by atoms with van der Waals surface area (Å²) in [6.07, 6.45) is 2.01. The number of rotatable bonds is 8. The SMILES string of the molecule is CCCCOc1ccc(C(=O)N=c2sc3ccc(Cl)c(Cl)c3n2CC(=O)OCC)cc1. The molecule has 0 aliphatic carbocycles. The number of carbonyl (C=O) groups is 2. The van der Waals surface area contributed by atoms with Gasteiger partial charge in [0.05, 0.1) is 33.5 Å². The van der Waals surface area contributed by atoms with E-state index in [0.29, 0.717) is 38.3 Å². The summed E-state index contributed by atoms with van der Waals surface area (Å²) >= 11 is 13.8. The van der Waals surface area contributed by atoms with Gasteiger partial charge in [-0.2, -0.15) is 4.99 Å². The topological polar surface area (TPSA) is 69.9 Å². The summed E-state index contributed by atoms with van der Waals surface area (Å²) in [5.41, 5.74) is 0.950. The van der Waals surface area contributed by atoms with E-state index in [2.05, 4.69) is 11.9 Å². The van der Waals surface area contributed by atoms with Crippen molar-refractivity contribution < 1.29 is 19.1 Å². The maximum atomic E-state index is 12.8.